The molecule has 0 fully saturated rings. The molecule has 0 saturated heterocycles. The summed E-state index contributed by atoms with van der Waals surface area (Å²) in [6.07, 6.45) is 1.11. The van der Waals surface area contributed by atoms with Gasteiger partial charge in [-0.2, -0.15) is 0 Å². The highest BCUT2D eigenvalue weighted by Crippen LogP contribution is 2.08. The third-order valence-corrected chi connectivity index (χ3v) is 2.74. The first-order valence-corrected chi connectivity index (χ1v) is 6.03. The molecule has 18 heavy (non-hydrogen) atoms. The zero-order valence-corrected chi connectivity index (χ0v) is 10.2. The van der Waals surface area contributed by atoms with Crippen molar-refractivity contribution in [2.45, 2.75) is 19.1 Å². The van der Waals surface area contributed by atoms with E-state index in [0.29, 0.717) is 13.0 Å². The van der Waals surface area contributed by atoms with Gasteiger partial charge in [0.1, 0.15) is 12.4 Å². The monoisotopic (exact) mass is 240 g/mol. The number of benzene rings is 2. The molecule has 2 nitrogen and oxygen atoms in total. The Balaban J connectivity index is 1.88. The van der Waals surface area contributed by atoms with Crippen LogP contribution in [-0.4, -0.2) is 12.4 Å². The Morgan fingerprint density at radius 3 is 2.00 bits per heavy atom. The Morgan fingerprint density at radius 1 is 0.889 bits per heavy atom. The molecule has 2 aromatic rings. The second-order valence-corrected chi connectivity index (χ2v) is 4.16. The van der Waals surface area contributed by atoms with Crippen LogP contribution in [-0.2, 0) is 22.6 Å². The molecule has 0 radical (unpaired) electrons. The first-order chi connectivity index (χ1) is 8.88. The van der Waals surface area contributed by atoms with E-state index < -0.39 is 0 Å². The summed E-state index contributed by atoms with van der Waals surface area (Å²) < 4.78 is 5.61. The molecule has 0 spiro atoms. The van der Waals surface area contributed by atoms with Crippen LogP contribution in [0, 0.1) is 0 Å². The van der Waals surface area contributed by atoms with Crippen LogP contribution >= 0.6 is 0 Å². The lowest BCUT2D eigenvalue weighted by Gasteiger charge is -2.12. The number of rotatable bonds is 6. The molecule has 0 unspecified atom stereocenters. The number of ether oxygens (including phenoxy) is 1. The summed E-state index contributed by atoms with van der Waals surface area (Å²) in [5.74, 6) is 0. The highest BCUT2D eigenvalue weighted by molar-refractivity contribution is 5.56. The molecule has 0 bridgehead atoms. The third kappa shape index (κ3) is 3.82. The van der Waals surface area contributed by atoms with E-state index in [-0.39, 0.29) is 6.10 Å². The van der Waals surface area contributed by atoms with Gasteiger partial charge in [-0.25, -0.2) is 0 Å². The maximum Gasteiger partial charge on any atom is 0.149 e. The topological polar surface area (TPSA) is 26.3 Å². The molecule has 2 aromatic carbocycles. The molecule has 0 aliphatic carbocycles. The van der Waals surface area contributed by atoms with E-state index in [1.54, 1.807) is 0 Å². The lowest BCUT2D eigenvalue weighted by atomic mass is 10.1. The van der Waals surface area contributed by atoms with Crippen molar-refractivity contribution in [3.63, 3.8) is 0 Å². The minimum atomic E-state index is -0.382. The van der Waals surface area contributed by atoms with Crippen molar-refractivity contribution in [1.29, 1.82) is 0 Å². The van der Waals surface area contributed by atoms with Crippen molar-refractivity contribution >= 4 is 6.29 Å². The quantitative estimate of drug-likeness (QED) is 0.725. The summed E-state index contributed by atoms with van der Waals surface area (Å²) >= 11 is 0. The van der Waals surface area contributed by atoms with E-state index in [2.05, 4.69) is 0 Å². The highest BCUT2D eigenvalue weighted by Gasteiger charge is 2.08. The second-order valence-electron chi connectivity index (χ2n) is 4.16. The molecule has 0 aliphatic heterocycles. The van der Waals surface area contributed by atoms with Crippen LogP contribution in [0.2, 0.25) is 0 Å². The molecule has 92 valence electrons. The summed E-state index contributed by atoms with van der Waals surface area (Å²) in [5, 5.41) is 0. The highest BCUT2D eigenvalue weighted by atomic mass is 16.5. The summed E-state index contributed by atoms with van der Waals surface area (Å²) in [6, 6.07) is 19.8. The van der Waals surface area contributed by atoms with E-state index in [0.717, 1.165) is 17.4 Å². The fourth-order valence-electron chi connectivity index (χ4n) is 1.77. The SMILES string of the molecule is O=C[C@H](Cc1ccccc1)OCc1ccccc1. The van der Waals surface area contributed by atoms with Crippen molar-refractivity contribution in [3.05, 3.63) is 71.8 Å². The van der Waals surface area contributed by atoms with Crippen molar-refractivity contribution in [1.82, 2.24) is 0 Å². The second kappa shape index (κ2) is 6.72. The van der Waals surface area contributed by atoms with Crippen LogP contribution in [0.5, 0.6) is 0 Å². The lowest BCUT2D eigenvalue weighted by molar-refractivity contribution is -0.118. The van der Waals surface area contributed by atoms with Crippen LogP contribution in [0.25, 0.3) is 0 Å². The standard InChI is InChI=1S/C16H16O2/c17-12-16(11-14-7-3-1-4-8-14)18-13-15-9-5-2-6-10-15/h1-10,12,16H,11,13H2/t16-/m0/s1. The average Bonchev–Trinajstić information content (AvgIpc) is 2.45. The van der Waals surface area contributed by atoms with Gasteiger partial charge in [0.05, 0.1) is 6.61 Å². The molecule has 0 heterocycles. The molecule has 0 amide bonds. The maximum atomic E-state index is 11.0. The lowest BCUT2D eigenvalue weighted by Crippen LogP contribution is -2.17. The van der Waals surface area contributed by atoms with Crippen molar-refractivity contribution < 1.29 is 9.53 Å². The van der Waals surface area contributed by atoms with Crippen LogP contribution in [0.1, 0.15) is 11.1 Å². The molecule has 1 atom stereocenters. The summed E-state index contributed by atoms with van der Waals surface area (Å²) in [4.78, 5) is 11.0. The first kappa shape index (κ1) is 12.5. The molecular weight excluding hydrogens is 224 g/mol. The Labute approximate surface area is 107 Å². The largest absolute Gasteiger partial charge is 0.366 e. The van der Waals surface area contributed by atoms with Crippen LogP contribution in [0.3, 0.4) is 0 Å². The molecule has 2 rings (SSSR count). The molecule has 0 aliphatic rings. The molecule has 0 aromatic heterocycles. The molecular formula is C16H16O2. The number of carbonyl (C=O) groups excluding carboxylic acids is 1. The predicted molar refractivity (Wildman–Crippen MR) is 71.2 cm³/mol. The van der Waals surface area contributed by atoms with Crippen LogP contribution in [0.4, 0.5) is 0 Å². The number of carbonyl (C=O) groups is 1. The Kier molecular flexibility index (Phi) is 4.68. The van der Waals surface area contributed by atoms with Gasteiger partial charge in [-0.05, 0) is 11.1 Å². The van der Waals surface area contributed by atoms with Crippen molar-refractivity contribution in [3.8, 4) is 0 Å². The van der Waals surface area contributed by atoms with Gasteiger partial charge in [-0.15, -0.1) is 0 Å². The van der Waals surface area contributed by atoms with Gasteiger partial charge < -0.3 is 9.53 Å². The van der Waals surface area contributed by atoms with E-state index in [9.17, 15) is 4.79 Å². The fourth-order valence-corrected chi connectivity index (χ4v) is 1.77. The van der Waals surface area contributed by atoms with Crippen molar-refractivity contribution in [2.24, 2.45) is 0 Å². The van der Waals surface area contributed by atoms with Gasteiger partial charge >= 0.3 is 0 Å². The van der Waals surface area contributed by atoms with Gasteiger partial charge in [-0.1, -0.05) is 60.7 Å². The summed E-state index contributed by atoms with van der Waals surface area (Å²) in [5.41, 5.74) is 2.19. The Bertz CT molecular complexity index is 465. The first-order valence-electron chi connectivity index (χ1n) is 6.03. The summed E-state index contributed by atoms with van der Waals surface area (Å²) in [6.45, 7) is 0.469. The smallest absolute Gasteiger partial charge is 0.149 e. The van der Waals surface area contributed by atoms with Crippen LogP contribution in [0.15, 0.2) is 60.7 Å². The molecule has 2 heteroatoms. The third-order valence-electron chi connectivity index (χ3n) is 2.74. The van der Waals surface area contributed by atoms with E-state index in [4.69, 9.17) is 4.74 Å². The molecule has 0 N–H and O–H groups in total. The predicted octanol–water partition coefficient (Wildman–Crippen LogP) is 3.01. The van der Waals surface area contributed by atoms with E-state index in [1.807, 2.05) is 60.7 Å². The number of hydrogen-bond acceptors (Lipinski definition) is 2. The zero-order valence-electron chi connectivity index (χ0n) is 10.2. The fraction of sp³-hybridized carbons (Fsp3) is 0.188. The zero-order chi connectivity index (χ0) is 12.6. The Hall–Kier alpha value is -1.93. The normalized spacial score (nSPS) is 12.0. The van der Waals surface area contributed by atoms with Gasteiger partial charge in [0.25, 0.3) is 0 Å². The van der Waals surface area contributed by atoms with Crippen LogP contribution < -0.4 is 0 Å². The number of hydrogen-bond donors (Lipinski definition) is 0. The summed E-state index contributed by atoms with van der Waals surface area (Å²) in [7, 11) is 0. The van der Waals surface area contributed by atoms with Crippen molar-refractivity contribution in [2.75, 3.05) is 0 Å². The van der Waals surface area contributed by atoms with Gasteiger partial charge in [0.2, 0.25) is 0 Å². The van der Waals surface area contributed by atoms with Gasteiger partial charge in [0.15, 0.2) is 0 Å². The minimum absolute atomic E-state index is 0.382. The maximum absolute atomic E-state index is 11.0. The number of aldehydes is 1. The minimum Gasteiger partial charge on any atom is -0.366 e. The van der Waals surface area contributed by atoms with Gasteiger partial charge in [0, 0.05) is 6.42 Å². The van der Waals surface area contributed by atoms with E-state index >= 15 is 0 Å². The average molecular weight is 240 g/mol. The van der Waals surface area contributed by atoms with Gasteiger partial charge in [-0.3, -0.25) is 0 Å². The molecule has 0 saturated carbocycles. The van der Waals surface area contributed by atoms with E-state index in [1.165, 1.54) is 0 Å². The Morgan fingerprint density at radius 2 is 1.44 bits per heavy atom.